The molecule has 11 heteroatoms. The van der Waals surface area contributed by atoms with E-state index in [1.54, 1.807) is 0 Å². The maximum Gasteiger partial charge on any atom is 0.187 e. The standard InChI is InChI=1S/C12H24O11/c13-1-4(16)7(18)11(5(17)2-14)23-12-10(21)9(20)8(19)6(3-15)22-12/h4-21H,1-3H2/t4-,5+,6-,7-,8+,9+,10-,11+,12-/m0/s1. The highest BCUT2D eigenvalue weighted by atomic mass is 16.7. The Balaban J connectivity index is 2.89. The lowest BCUT2D eigenvalue weighted by molar-refractivity contribution is -0.327. The third kappa shape index (κ3) is 4.78. The lowest BCUT2D eigenvalue weighted by Gasteiger charge is -2.42. The molecule has 9 atom stereocenters. The van der Waals surface area contributed by atoms with Crippen LogP contribution >= 0.6 is 0 Å². The number of hydrogen-bond donors (Lipinski definition) is 9. The van der Waals surface area contributed by atoms with Gasteiger partial charge in [0.25, 0.3) is 0 Å². The van der Waals surface area contributed by atoms with Crippen LogP contribution in [0, 0.1) is 0 Å². The van der Waals surface area contributed by atoms with Gasteiger partial charge in [0.05, 0.1) is 19.8 Å². The van der Waals surface area contributed by atoms with E-state index in [2.05, 4.69) is 0 Å². The first-order valence-electron chi connectivity index (χ1n) is 7.00. The van der Waals surface area contributed by atoms with Crippen molar-refractivity contribution in [3.63, 3.8) is 0 Å². The lowest BCUT2D eigenvalue weighted by atomic mass is 9.98. The van der Waals surface area contributed by atoms with Gasteiger partial charge in [-0.1, -0.05) is 0 Å². The SMILES string of the molecule is OC[C@@H](O)[C@@H](O[C@@H]1O[C@@H](CO)[C@@H](O)[C@@H](O)[C@@H]1O)[C@@H](O)[C@@H](O)CO. The van der Waals surface area contributed by atoms with Gasteiger partial charge in [0.1, 0.15) is 48.8 Å². The van der Waals surface area contributed by atoms with Crippen LogP contribution in [0.25, 0.3) is 0 Å². The molecule has 1 aliphatic heterocycles. The largest absolute Gasteiger partial charge is 0.394 e. The monoisotopic (exact) mass is 344 g/mol. The summed E-state index contributed by atoms with van der Waals surface area (Å²) in [6, 6.07) is 0. The molecule has 1 rings (SSSR count). The van der Waals surface area contributed by atoms with Crippen LogP contribution in [-0.2, 0) is 9.47 Å². The van der Waals surface area contributed by atoms with E-state index in [-0.39, 0.29) is 0 Å². The molecule has 9 N–H and O–H groups in total. The van der Waals surface area contributed by atoms with Crippen molar-refractivity contribution in [3.8, 4) is 0 Å². The van der Waals surface area contributed by atoms with Crippen molar-refractivity contribution in [1.82, 2.24) is 0 Å². The van der Waals surface area contributed by atoms with E-state index in [1.165, 1.54) is 0 Å². The van der Waals surface area contributed by atoms with Gasteiger partial charge in [-0.15, -0.1) is 0 Å². The van der Waals surface area contributed by atoms with E-state index in [0.717, 1.165) is 0 Å². The fourth-order valence-electron chi connectivity index (χ4n) is 2.16. The van der Waals surface area contributed by atoms with Gasteiger partial charge in [0.15, 0.2) is 6.29 Å². The highest BCUT2D eigenvalue weighted by molar-refractivity contribution is 4.91. The van der Waals surface area contributed by atoms with E-state index in [9.17, 15) is 30.6 Å². The number of ether oxygens (including phenoxy) is 2. The molecule has 0 aromatic carbocycles. The summed E-state index contributed by atoms with van der Waals surface area (Å²) in [6.45, 7) is -2.45. The molecule has 0 saturated carbocycles. The van der Waals surface area contributed by atoms with Crippen LogP contribution in [0.3, 0.4) is 0 Å². The maximum absolute atomic E-state index is 9.83. The molecule has 1 saturated heterocycles. The highest BCUT2D eigenvalue weighted by Gasteiger charge is 2.46. The highest BCUT2D eigenvalue weighted by Crippen LogP contribution is 2.24. The van der Waals surface area contributed by atoms with Crippen LogP contribution in [0.4, 0.5) is 0 Å². The van der Waals surface area contributed by atoms with Gasteiger partial charge >= 0.3 is 0 Å². The zero-order valence-corrected chi connectivity index (χ0v) is 12.2. The van der Waals surface area contributed by atoms with E-state index >= 15 is 0 Å². The van der Waals surface area contributed by atoms with Crippen molar-refractivity contribution in [2.45, 2.75) is 55.1 Å². The Labute approximate surface area is 131 Å². The summed E-state index contributed by atoms with van der Waals surface area (Å²) >= 11 is 0. The lowest BCUT2D eigenvalue weighted by Crippen LogP contribution is -2.61. The van der Waals surface area contributed by atoms with Crippen LogP contribution in [0.2, 0.25) is 0 Å². The summed E-state index contributed by atoms with van der Waals surface area (Å²) in [5.41, 5.74) is 0. The smallest absolute Gasteiger partial charge is 0.187 e. The van der Waals surface area contributed by atoms with Crippen LogP contribution in [0.1, 0.15) is 0 Å². The Kier molecular flexibility index (Phi) is 8.20. The van der Waals surface area contributed by atoms with Gasteiger partial charge in [-0.25, -0.2) is 0 Å². The van der Waals surface area contributed by atoms with Gasteiger partial charge < -0.3 is 55.4 Å². The van der Waals surface area contributed by atoms with Crippen molar-refractivity contribution in [2.75, 3.05) is 19.8 Å². The van der Waals surface area contributed by atoms with Crippen LogP contribution < -0.4 is 0 Å². The zero-order chi connectivity index (χ0) is 17.7. The third-order valence-corrected chi connectivity index (χ3v) is 3.62. The van der Waals surface area contributed by atoms with Gasteiger partial charge in [-0.2, -0.15) is 0 Å². The first kappa shape index (κ1) is 20.6. The number of aliphatic hydroxyl groups excluding tert-OH is 9. The molecule has 0 unspecified atom stereocenters. The normalized spacial score (nSPS) is 37.2. The molecule has 0 spiro atoms. The molecule has 138 valence electrons. The van der Waals surface area contributed by atoms with Crippen LogP contribution in [0.5, 0.6) is 0 Å². The Morgan fingerprint density at radius 2 is 1.39 bits per heavy atom. The second-order valence-electron chi connectivity index (χ2n) is 5.29. The van der Waals surface area contributed by atoms with Crippen molar-refractivity contribution >= 4 is 0 Å². The molecule has 1 fully saturated rings. The summed E-state index contributed by atoms with van der Waals surface area (Å²) in [5.74, 6) is 0. The average Bonchev–Trinajstić information content (AvgIpc) is 2.57. The minimum atomic E-state index is -1.85. The van der Waals surface area contributed by atoms with Gasteiger partial charge in [0, 0.05) is 0 Å². The fourth-order valence-corrected chi connectivity index (χ4v) is 2.16. The summed E-state index contributed by atoms with van der Waals surface area (Å²) in [7, 11) is 0. The van der Waals surface area contributed by atoms with E-state index in [0.29, 0.717) is 0 Å². The summed E-state index contributed by atoms with van der Waals surface area (Å²) in [4.78, 5) is 0. The molecule has 1 aliphatic rings. The molecule has 23 heavy (non-hydrogen) atoms. The van der Waals surface area contributed by atoms with Gasteiger partial charge in [0.2, 0.25) is 0 Å². The Bertz CT molecular complexity index is 341. The summed E-state index contributed by atoms with van der Waals surface area (Å²) in [5, 5.41) is 84.9. The van der Waals surface area contributed by atoms with Crippen molar-refractivity contribution in [3.05, 3.63) is 0 Å². The maximum atomic E-state index is 9.83. The predicted octanol–water partition coefficient (Wildman–Crippen LogP) is -5.76. The van der Waals surface area contributed by atoms with E-state index in [1.807, 2.05) is 0 Å². The topological polar surface area (TPSA) is 201 Å². The van der Waals surface area contributed by atoms with E-state index in [4.69, 9.17) is 24.8 Å². The molecule has 0 aromatic rings. The number of hydrogen-bond acceptors (Lipinski definition) is 11. The Morgan fingerprint density at radius 3 is 1.87 bits per heavy atom. The number of rotatable bonds is 8. The van der Waals surface area contributed by atoms with Crippen LogP contribution in [0.15, 0.2) is 0 Å². The van der Waals surface area contributed by atoms with Crippen molar-refractivity contribution < 1.29 is 55.4 Å². The molecule has 0 aromatic heterocycles. The molecule has 11 nitrogen and oxygen atoms in total. The van der Waals surface area contributed by atoms with Crippen molar-refractivity contribution in [2.24, 2.45) is 0 Å². The zero-order valence-electron chi connectivity index (χ0n) is 12.2. The third-order valence-electron chi connectivity index (χ3n) is 3.62. The molecular formula is C12H24O11. The summed E-state index contributed by atoms with van der Waals surface area (Å²) in [6.07, 6.45) is -15.1. The molecule has 0 bridgehead atoms. The first-order chi connectivity index (χ1) is 10.8. The molecular weight excluding hydrogens is 320 g/mol. The minimum absolute atomic E-state index is 0.708. The molecule has 0 aliphatic carbocycles. The second kappa shape index (κ2) is 9.15. The quantitative estimate of drug-likeness (QED) is 0.203. The van der Waals surface area contributed by atoms with Crippen LogP contribution in [-0.4, -0.2) is 121 Å². The minimum Gasteiger partial charge on any atom is -0.394 e. The molecule has 1 heterocycles. The van der Waals surface area contributed by atoms with E-state index < -0.39 is 74.9 Å². The van der Waals surface area contributed by atoms with Crippen molar-refractivity contribution in [1.29, 1.82) is 0 Å². The first-order valence-corrected chi connectivity index (χ1v) is 7.00. The van der Waals surface area contributed by atoms with Gasteiger partial charge in [-0.3, -0.25) is 0 Å². The van der Waals surface area contributed by atoms with Gasteiger partial charge in [-0.05, 0) is 0 Å². The number of aliphatic hydroxyl groups is 9. The Hall–Kier alpha value is -0.440. The molecule has 0 amide bonds. The predicted molar refractivity (Wildman–Crippen MR) is 70.8 cm³/mol. The second-order valence-corrected chi connectivity index (χ2v) is 5.29. The average molecular weight is 344 g/mol. The Morgan fingerprint density at radius 1 is 0.826 bits per heavy atom. The summed E-state index contributed by atoms with van der Waals surface area (Å²) < 4.78 is 10.1. The fraction of sp³-hybridized carbons (Fsp3) is 1.00. The molecule has 0 radical (unpaired) electrons.